The summed E-state index contributed by atoms with van der Waals surface area (Å²) < 4.78 is 0. The molecule has 1 saturated heterocycles. The standard InChI is InChI=1S/C18H24N4O3.ClH/c1-2-19-11-13-6-5-7-14(10-13)20-15(23)12-22-16(24)18(21-17(22)25)8-3-4-9-18;/h5-7,10,19H,2-4,8-9,11-12H2,1H3,(H,20,23)(H,21,25);1H. The summed E-state index contributed by atoms with van der Waals surface area (Å²) in [4.78, 5) is 38.0. The fourth-order valence-corrected chi connectivity index (χ4v) is 3.51. The van der Waals surface area contributed by atoms with Crippen molar-refractivity contribution in [3.63, 3.8) is 0 Å². The van der Waals surface area contributed by atoms with Gasteiger partial charge in [0, 0.05) is 12.2 Å². The lowest BCUT2D eigenvalue weighted by molar-refractivity contribution is -0.133. The number of carbonyl (C=O) groups is 3. The van der Waals surface area contributed by atoms with E-state index in [1.54, 1.807) is 6.07 Å². The van der Waals surface area contributed by atoms with Crippen LogP contribution in [0, 0.1) is 0 Å². The van der Waals surface area contributed by atoms with Crippen molar-refractivity contribution in [2.75, 3.05) is 18.4 Å². The van der Waals surface area contributed by atoms with Crippen molar-refractivity contribution in [2.24, 2.45) is 0 Å². The maximum atomic E-state index is 12.6. The second-order valence-corrected chi connectivity index (χ2v) is 6.64. The molecule has 1 spiro atoms. The molecular formula is C18H25ClN4O3. The van der Waals surface area contributed by atoms with Crippen molar-refractivity contribution in [1.82, 2.24) is 15.5 Å². The van der Waals surface area contributed by atoms with Gasteiger partial charge >= 0.3 is 6.03 Å². The third kappa shape index (κ3) is 4.16. The van der Waals surface area contributed by atoms with Crippen molar-refractivity contribution in [1.29, 1.82) is 0 Å². The zero-order valence-corrected chi connectivity index (χ0v) is 15.7. The van der Waals surface area contributed by atoms with E-state index in [9.17, 15) is 14.4 Å². The van der Waals surface area contributed by atoms with Crippen LogP contribution in [0.15, 0.2) is 24.3 Å². The van der Waals surface area contributed by atoms with Gasteiger partial charge in [-0.15, -0.1) is 12.4 Å². The number of imide groups is 1. The third-order valence-corrected chi connectivity index (χ3v) is 4.79. The van der Waals surface area contributed by atoms with E-state index in [0.29, 0.717) is 18.5 Å². The van der Waals surface area contributed by atoms with Gasteiger partial charge in [0.2, 0.25) is 5.91 Å². The molecule has 8 heteroatoms. The van der Waals surface area contributed by atoms with E-state index >= 15 is 0 Å². The van der Waals surface area contributed by atoms with Crippen LogP contribution in [0.3, 0.4) is 0 Å². The first-order valence-electron chi connectivity index (χ1n) is 8.78. The Morgan fingerprint density at radius 1 is 1.27 bits per heavy atom. The summed E-state index contributed by atoms with van der Waals surface area (Å²) in [6.45, 7) is 3.35. The molecule has 3 N–H and O–H groups in total. The van der Waals surface area contributed by atoms with Gasteiger partial charge in [0.25, 0.3) is 5.91 Å². The molecule has 26 heavy (non-hydrogen) atoms. The monoisotopic (exact) mass is 380 g/mol. The summed E-state index contributed by atoms with van der Waals surface area (Å²) in [6, 6.07) is 7.04. The van der Waals surface area contributed by atoms with Gasteiger partial charge in [-0.1, -0.05) is 31.9 Å². The largest absolute Gasteiger partial charge is 0.325 e. The topological polar surface area (TPSA) is 90.5 Å². The Labute approximate surface area is 159 Å². The number of halogens is 1. The molecule has 142 valence electrons. The van der Waals surface area contributed by atoms with Gasteiger partial charge in [0.15, 0.2) is 0 Å². The summed E-state index contributed by atoms with van der Waals surface area (Å²) in [5, 5.41) is 8.77. The summed E-state index contributed by atoms with van der Waals surface area (Å²) in [5.74, 6) is -0.648. The van der Waals surface area contributed by atoms with Crippen molar-refractivity contribution in [2.45, 2.75) is 44.7 Å². The molecule has 1 saturated carbocycles. The zero-order valence-electron chi connectivity index (χ0n) is 14.8. The zero-order chi connectivity index (χ0) is 17.9. The molecule has 1 aromatic rings. The molecule has 0 bridgehead atoms. The van der Waals surface area contributed by atoms with E-state index in [1.807, 2.05) is 25.1 Å². The maximum absolute atomic E-state index is 12.6. The average Bonchev–Trinajstić information content (AvgIpc) is 3.14. The van der Waals surface area contributed by atoms with E-state index < -0.39 is 11.6 Å². The first-order chi connectivity index (χ1) is 12.0. The van der Waals surface area contributed by atoms with E-state index in [1.165, 1.54) is 0 Å². The van der Waals surface area contributed by atoms with Gasteiger partial charge in [0.1, 0.15) is 12.1 Å². The van der Waals surface area contributed by atoms with Crippen LogP contribution in [-0.2, 0) is 16.1 Å². The highest BCUT2D eigenvalue weighted by Crippen LogP contribution is 2.34. The molecule has 1 aliphatic carbocycles. The van der Waals surface area contributed by atoms with Crippen LogP contribution >= 0.6 is 12.4 Å². The van der Waals surface area contributed by atoms with Crippen molar-refractivity contribution in [3.05, 3.63) is 29.8 Å². The fraction of sp³-hybridized carbons (Fsp3) is 0.500. The number of urea groups is 1. The lowest BCUT2D eigenvalue weighted by atomic mass is 9.98. The number of carbonyl (C=O) groups excluding carboxylic acids is 3. The highest BCUT2D eigenvalue weighted by molar-refractivity contribution is 6.10. The second kappa shape index (κ2) is 8.51. The van der Waals surface area contributed by atoms with Crippen molar-refractivity contribution >= 4 is 35.9 Å². The lowest BCUT2D eigenvalue weighted by Crippen LogP contribution is -2.44. The highest BCUT2D eigenvalue weighted by Gasteiger charge is 2.52. The third-order valence-electron chi connectivity index (χ3n) is 4.79. The number of anilines is 1. The normalized spacial score (nSPS) is 18.0. The minimum absolute atomic E-state index is 0. The van der Waals surface area contributed by atoms with E-state index in [-0.39, 0.29) is 30.8 Å². The molecular weight excluding hydrogens is 356 g/mol. The number of nitrogens with zero attached hydrogens (tertiary/aromatic N) is 1. The van der Waals surface area contributed by atoms with Gasteiger partial charge in [0.05, 0.1) is 0 Å². The predicted octanol–water partition coefficient (Wildman–Crippen LogP) is 2.02. The molecule has 0 radical (unpaired) electrons. The van der Waals surface area contributed by atoms with Crippen LogP contribution in [0.5, 0.6) is 0 Å². The Kier molecular flexibility index (Phi) is 6.61. The van der Waals surface area contributed by atoms with E-state index in [2.05, 4.69) is 16.0 Å². The first kappa shape index (κ1) is 20.2. The molecule has 7 nitrogen and oxygen atoms in total. The number of benzene rings is 1. The smallest absolute Gasteiger partial charge is 0.325 e. The second-order valence-electron chi connectivity index (χ2n) is 6.64. The summed E-state index contributed by atoms with van der Waals surface area (Å²) in [7, 11) is 0. The van der Waals surface area contributed by atoms with E-state index in [0.717, 1.165) is 36.4 Å². The summed E-state index contributed by atoms with van der Waals surface area (Å²) >= 11 is 0. The van der Waals surface area contributed by atoms with Crippen LogP contribution in [-0.4, -0.2) is 41.4 Å². The molecule has 0 aromatic heterocycles. The Morgan fingerprint density at radius 2 is 2.00 bits per heavy atom. The quantitative estimate of drug-likeness (QED) is 0.658. The molecule has 4 amide bonds. The number of hydrogen-bond acceptors (Lipinski definition) is 4. The predicted molar refractivity (Wildman–Crippen MR) is 101 cm³/mol. The Morgan fingerprint density at radius 3 is 2.69 bits per heavy atom. The molecule has 3 rings (SSSR count). The number of rotatable bonds is 6. The number of hydrogen-bond donors (Lipinski definition) is 3. The van der Waals surface area contributed by atoms with Crippen LogP contribution < -0.4 is 16.0 Å². The Hall–Kier alpha value is -2.12. The average molecular weight is 381 g/mol. The van der Waals surface area contributed by atoms with Crippen LogP contribution in [0.4, 0.5) is 10.5 Å². The summed E-state index contributed by atoms with van der Waals surface area (Å²) in [6.07, 6.45) is 3.15. The van der Waals surface area contributed by atoms with Crippen LogP contribution in [0.2, 0.25) is 0 Å². The molecule has 0 unspecified atom stereocenters. The van der Waals surface area contributed by atoms with E-state index in [4.69, 9.17) is 0 Å². The Bertz CT molecular complexity index is 689. The fourth-order valence-electron chi connectivity index (χ4n) is 3.51. The molecule has 2 fully saturated rings. The lowest BCUT2D eigenvalue weighted by Gasteiger charge is -2.19. The minimum atomic E-state index is -0.775. The Balaban J connectivity index is 0.00000243. The van der Waals surface area contributed by atoms with Crippen LogP contribution in [0.25, 0.3) is 0 Å². The molecule has 0 atom stereocenters. The van der Waals surface area contributed by atoms with Gasteiger partial charge in [-0.2, -0.15) is 0 Å². The number of nitrogens with one attached hydrogen (secondary N) is 3. The van der Waals surface area contributed by atoms with Gasteiger partial charge in [-0.05, 0) is 37.1 Å². The molecule has 1 aromatic carbocycles. The molecule has 2 aliphatic rings. The summed E-state index contributed by atoms with van der Waals surface area (Å²) in [5.41, 5.74) is 0.936. The first-order valence-corrected chi connectivity index (χ1v) is 8.78. The van der Waals surface area contributed by atoms with Gasteiger partial charge in [-0.3, -0.25) is 14.5 Å². The van der Waals surface area contributed by atoms with Crippen molar-refractivity contribution < 1.29 is 14.4 Å². The highest BCUT2D eigenvalue weighted by atomic mass is 35.5. The SMILES string of the molecule is CCNCc1cccc(NC(=O)CN2C(=O)NC3(CCCC3)C2=O)c1.Cl. The van der Waals surface area contributed by atoms with Gasteiger partial charge < -0.3 is 16.0 Å². The van der Waals surface area contributed by atoms with Crippen molar-refractivity contribution in [3.8, 4) is 0 Å². The van der Waals surface area contributed by atoms with Gasteiger partial charge in [-0.25, -0.2) is 4.79 Å². The molecule has 1 heterocycles. The van der Waals surface area contributed by atoms with Crippen LogP contribution in [0.1, 0.15) is 38.2 Å². The molecule has 1 aliphatic heterocycles. The maximum Gasteiger partial charge on any atom is 0.325 e. The minimum Gasteiger partial charge on any atom is -0.325 e. The number of amides is 4.